The van der Waals surface area contributed by atoms with Crippen molar-refractivity contribution >= 4 is 5.69 Å². The van der Waals surface area contributed by atoms with Crippen LogP contribution in [0.3, 0.4) is 0 Å². The summed E-state index contributed by atoms with van der Waals surface area (Å²) in [6, 6.07) is 11.1. The second-order valence-electron chi connectivity index (χ2n) is 4.17. The van der Waals surface area contributed by atoms with Gasteiger partial charge in [-0.05, 0) is 35.9 Å². The van der Waals surface area contributed by atoms with Crippen LogP contribution in [-0.2, 0) is 6.54 Å². The van der Waals surface area contributed by atoms with Crippen molar-refractivity contribution in [3.8, 4) is 17.6 Å². The number of nitriles is 1. The number of ether oxygens (including phenoxy) is 1. The van der Waals surface area contributed by atoms with Gasteiger partial charge in [0.1, 0.15) is 11.9 Å². The van der Waals surface area contributed by atoms with Gasteiger partial charge in [-0.2, -0.15) is 5.26 Å². The normalized spacial score (nSPS) is 9.85. The van der Waals surface area contributed by atoms with Crippen molar-refractivity contribution in [2.24, 2.45) is 0 Å². The third-order valence-corrected chi connectivity index (χ3v) is 2.83. The van der Waals surface area contributed by atoms with Crippen molar-refractivity contribution in [1.82, 2.24) is 0 Å². The Balaban J connectivity index is 2.11. The van der Waals surface area contributed by atoms with Crippen molar-refractivity contribution in [2.45, 2.75) is 6.54 Å². The van der Waals surface area contributed by atoms with Crippen molar-refractivity contribution in [2.75, 3.05) is 12.4 Å². The first-order valence-corrected chi connectivity index (χ1v) is 5.93. The van der Waals surface area contributed by atoms with E-state index in [1.807, 2.05) is 0 Å². The molecule has 0 fully saturated rings. The van der Waals surface area contributed by atoms with Crippen LogP contribution in [0.25, 0.3) is 0 Å². The van der Waals surface area contributed by atoms with Crippen LogP contribution in [0.1, 0.15) is 11.1 Å². The fourth-order valence-corrected chi connectivity index (χ4v) is 1.76. The Bertz CT molecular complexity index is 665. The fraction of sp³-hybridized carbons (Fsp3) is 0.133. The average Bonchev–Trinajstić information content (AvgIpc) is 2.47. The molecule has 0 spiro atoms. The zero-order valence-corrected chi connectivity index (χ0v) is 10.9. The molecular formula is C15H13FN2O2. The highest BCUT2D eigenvalue weighted by atomic mass is 19.1. The number of nitrogens with one attached hydrogen (secondary N) is 1. The van der Waals surface area contributed by atoms with Gasteiger partial charge in [0.15, 0.2) is 11.5 Å². The first kappa shape index (κ1) is 13.7. The van der Waals surface area contributed by atoms with E-state index in [1.54, 1.807) is 30.3 Å². The number of benzene rings is 2. The monoisotopic (exact) mass is 272 g/mol. The van der Waals surface area contributed by atoms with E-state index < -0.39 is 5.82 Å². The molecular weight excluding hydrogens is 259 g/mol. The van der Waals surface area contributed by atoms with Crippen LogP contribution in [0.5, 0.6) is 11.5 Å². The fourth-order valence-electron chi connectivity index (χ4n) is 1.76. The number of phenols is 1. The summed E-state index contributed by atoms with van der Waals surface area (Å²) in [6.07, 6.45) is 0. The minimum atomic E-state index is -0.538. The third-order valence-electron chi connectivity index (χ3n) is 2.83. The van der Waals surface area contributed by atoms with E-state index in [0.29, 0.717) is 18.0 Å². The van der Waals surface area contributed by atoms with Gasteiger partial charge in [0.2, 0.25) is 0 Å². The standard InChI is InChI=1S/C15H13FN2O2/c1-20-15-6-10(2-5-14(15)19)9-18-12-3-4-13(16)11(7-12)8-17/h2-7,18-19H,9H2,1H3. The largest absolute Gasteiger partial charge is 0.504 e. The van der Waals surface area contributed by atoms with E-state index in [2.05, 4.69) is 5.32 Å². The molecule has 2 N–H and O–H groups in total. The molecule has 20 heavy (non-hydrogen) atoms. The maximum Gasteiger partial charge on any atom is 0.160 e. The molecule has 0 aliphatic carbocycles. The summed E-state index contributed by atoms with van der Waals surface area (Å²) in [5, 5.41) is 21.3. The molecule has 5 heteroatoms. The smallest absolute Gasteiger partial charge is 0.160 e. The molecule has 2 aromatic carbocycles. The molecule has 2 aromatic rings. The van der Waals surface area contributed by atoms with E-state index in [4.69, 9.17) is 10.00 Å². The lowest BCUT2D eigenvalue weighted by molar-refractivity contribution is 0.373. The van der Waals surface area contributed by atoms with E-state index in [1.165, 1.54) is 19.2 Å². The average molecular weight is 272 g/mol. The highest BCUT2D eigenvalue weighted by molar-refractivity contribution is 5.51. The van der Waals surface area contributed by atoms with E-state index in [9.17, 15) is 9.50 Å². The van der Waals surface area contributed by atoms with Gasteiger partial charge in [-0.1, -0.05) is 6.07 Å². The minimum absolute atomic E-state index is 0.00159. The number of rotatable bonds is 4. The van der Waals surface area contributed by atoms with Crippen molar-refractivity contribution in [1.29, 1.82) is 5.26 Å². The molecule has 0 atom stereocenters. The number of aromatic hydroxyl groups is 1. The number of nitrogens with zero attached hydrogens (tertiary/aromatic N) is 1. The van der Waals surface area contributed by atoms with Gasteiger partial charge in [0.25, 0.3) is 0 Å². The predicted octanol–water partition coefficient (Wildman–Crippen LogP) is 3.02. The van der Waals surface area contributed by atoms with Gasteiger partial charge < -0.3 is 15.2 Å². The molecule has 0 aliphatic heterocycles. The summed E-state index contributed by atoms with van der Waals surface area (Å²) in [6.45, 7) is 0.465. The lowest BCUT2D eigenvalue weighted by atomic mass is 10.1. The molecule has 0 bridgehead atoms. The van der Waals surface area contributed by atoms with Gasteiger partial charge in [-0.25, -0.2) is 4.39 Å². The summed E-state index contributed by atoms with van der Waals surface area (Å²) in [7, 11) is 1.48. The lowest BCUT2D eigenvalue weighted by Crippen LogP contribution is -2.00. The lowest BCUT2D eigenvalue weighted by Gasteiger charge is -2.09. The first-order valence-electron chi connectivity index (χ1n) is 5.93. The van der Waals surface area contributed by atoms with Gasteiger partial charge >= 0.3 is 0 Å². The Morgan fingerprint density at radius 2 is 2.10 bits per heavy atom. The van der Waals surface area contributed by atoms with Crippen molar-refractivity contribution < 1.29 is 14.2 Å². The topological polar surface area (TPSA) is 65.3 Å². The van der Waals surface area contributed by atoms with Crippen molar-refractivity contribution in [3.05, 3.63) is 53.3 Å². The number of halogens is 1. The quantitative estimate of drug-likeness (QED) is 0.898. The molecule has 0 saturated carbocycles. The highest BCUT2D eigenvalue weighted by Crippen LogP contribution is 2.26. The maximum atomic E-state index is 13.2. The molecule has 0 saturated heterocycles. The van der Waals surface area contributed by atoms with Crippen LogP contribution in [0.15, 0.2) is 36.4 Å². The van der Waals surface area contributed by atoms with Crippen LogP contribution >= 0.6 is 0 Å². The van der Waals surface area contributed by atoms with Crippen LogP contribution in [0.4, 0.5) is 10.1 Å². The molecule has 2 rings (SSSR count). The van der Waals surface area contributed by atoms with Gasteiger partial charge in [0, 0.05) is 12.2 Å². The van der Waals surface area contributed by atoms with Crippen LogP contribution < -0.4 is 10.1 Å². The summed E-state index contributed by atoms with van der Waals surface area (Å²) < 4.78 is 18.2. The second kappa shape index (κ2) is 5.93. The van der Waals surface area contributed by atoms with Gasteiger partial charge in [-0.3, -0.25) is 0 Å². The number of phenolic OH excluding ortho intramolecular Hbond substituents is 1. The van der Waals surface area contributed by atoms with Crippen LogP contribution in [-0.4, -0.2) is 12.2 Å². The molecule has 0 amide bonds. The molecule has 0 unspecified atom stereocenters. The Morgan fingerprint density at radius 3 is 2.80 bits per heavy atom. The zero-order valence-electron chi connectivity index (χ0n) is 10.9. The summed E-state index contributed by atoms with van der Waals surface area (Å²) >= 11 is 0. The first-order chi connectivity index (χ1) is 9.63. The molecule has 0 radical (unpaired) electrons. The van der Waals surface area contributed by atoms with Gasteiger partial charge in [0.05, 0.1) is 12.7 Å². The van der Waals surface area contributed by atoms with Crippen LogP contribution in [0, 0.1) is 17.1 Å². The van der Waals surface area contributed by atoms with E-state index in [0.717, 1.165) is 5.56 Å². The summed E-state index contributed by atoms with van der Waals surface area (Å²) in [4.78, 5) is 0. The molecule has 102 valence electrons. The minimum Gasteiger partial charge on any atom is -0.504 e. The van der Waals surface area contributed by atoms with Crippen molar-refractivity contribution in [3.63, 3.8) is 0 Å². The summed E-state index contributed by atoms with van der Waals surface area (Å²) in [5.74, 6) is -0.0738. The Labute approximate surface area is 116 Å². The number of anilines is 1. The molecule has 0 aromatic heterocycles. The predicted molar refractivity (Wildman–Crippen MR) is 73.1 cm³/mol. The Hall–Kier alpha value is -2.74. The second-order valence-corrected chi connectivity index (χ2v) is 4.17. The van der Waals surface area contributed by atoms with E-state index in [-0.39, 0.29) is 11.3 Å². The maximum absolute atomic E-state index is 13.2. The SMILES string of the molecule is COc1cc(CNc2ccc(F)c(C#N)c2)ccc1O. The number of hydrogen-bond donors (Lipinski definition) is 2. The molecule has 0 heterocycles. The Morgan fingerprint density at radius 1 is 1.30 bits per heavy atom. The third kappa shape index (κ3) is 2.98. The van der Waals surface area contributed by atoms with Gasteiger partial charge in [-0.15, -0.1) is 0 Å². The highest BCUT2D eigenvalue weighted by Gasteiger charge is 2.04. The van der Waals surface area contributed by atoms with Crippen LogP contribution in [0.2, 0.25) is 0 Å². The zero-order chi connectivity index (χ0) is 14.5. The number of methoxy groups -OCH3 is 1. The Kier molecular flexibility index (Phi) is 4.06. The molecule has 0 aliphatic rings. The summed E-state index contributed by atoms with van der Waals surface area (Å²) in [5.41, 5.74) is 1.54. The van der Waals surface area contributed by atoms with E-state index >= 15 is 0 Å². The number of hydrogen-bond acceptors (Lipinski definition) is 4. The molecule has 4 nitrogen and oxygen atoms in total.